The summed E-state index contributed by atoms with van der Waals surface area (Å²) >= 11 is 1.11. The maximum absolute atomic E-state index is 12.0. The van der Waals surface area contributed by atoms with Crippen molar-refractivity contribution in [2.75, 3.05) is 13.7 Å². The molecule has 0 aliphatic rings. The average molecular weight is 293 g/mol. The Hall–Kier alpha value is -0.960. The quantitative estimate of drug-likeness (QED) is 0.807. The number of carboxylic acids is 1. The molecule has 0 bridgehead atoms. The Bertz CT molecular complexity index is 534. The van der Waals surface area contributed by atoms with Gasteiger partial charge in [0, 0.05) is 12.0 Å². The maximum atomic E-state index is 12.0. The summed E-state index contributed by atoms with van der Waals surface area (Å²) < 4.78 is 31.0. The largest absolute Gasteiger partial charge is 0.480 e. The molecule has 0 saturated heterocycles. The first kappa shape index (κ1) is 15.1. The molecule has 8 heteroatoms. The Labute approximate surface area is 110 Å². The van der Waals surface area contributed by atoms with Crippen LogP contribution in [0.4, 0.5) is 0 Å². The second-order valence-corrected chi connectivity index (χ2v) is 6.96. The maximum Gasteiger partial charge on any atom is 0.324 e. The molecule has 2 N–H and O–H groups in total. The van der Waals surface area contributed by atoms with Gasteiger partial charge in [0.15, 0.2) is 0 Å². The summed E-state index contributed by atoms with van der Waals surface area (Å²) in [6, 6.07) is 0.451. The van der Waals surface area contributed by atoms with Crippen LogP contribution in [0.1, 0.15) is 10.4 Å². The summed E-state index contributed by atoms with van der Waals surface area (Å²) in [6.45, 7) is 3.24. The molecule has 0 radical (unpaired) electrons. The number of thiophene rings is 1. The van der Waals surface area contributed by atoms with Gasteiger partial charge >= 0.3 is 5.97 Å². The zero-order valence-electron chi connectivity index (χ0n) is 10.3. The summed E-state index contributed by atoms with van der Waals surface area (Å²) in [6.07, 6.45) is 0. The van der Waals surface area contributed by atoms with E-state index >= 15 is 0 Å². The van der Waals surface area contributed by atoms with Gasteiger partial charge in [0.1, 0.15) is 10.3 Å². The topological polar surface area (TPSA) is 92.7 Å². The SMILES string of the molecule is COCC(NS(=O)(=O)c1sc(C)cc1C)C(=O)O. The minimum atomic E-state index is -3.83. The molecule has 1 rings (SSSR count). The van der Waals surface area contributed by atoms with Crippen LogP contribution in [0.25, 0.3) is 0 Å². The van der Waals surface area contributed by atoms with Gasteiger partial charge in [-0.25, -0.2) is 8.42 Å². The first-order valence-corrected chi connectivity index (χ1v) is 7.39. The molecule has 1 aromatic rings. The number of hydrogen-bond donors (Lipinski definition) is 2. The third kappa shape index (κ3) is 3.52. The van der Waals surface area contributed by atoms with E-state index < -0.39 is 22.0 Å². The number of rotatable bonds is 6. The van der Waals surface area contributed by atoms with Crippen molar-refractivity contribution in [2.45, 2.75) is 24.1 Å². The van der Waals surface area contributed by atoms with Crippen LogP contribution in [-0.2, 0) is 19.6 Å². The van der Waals surface area contributed by atoms with E-state index in [9.17, 15) is 13.2 Å². The zero-order chi connectivity index (χ0) is 13.9. The number of sulfonamides is 1. The molecule has 1 heterocycles. The van der Waals surface area contributed by atoms with E-state index in [0.29, 0.717) is 5.56 Å². The number of carbonyl (C=O) groups is 1. The molecular weight excluding hydrogens is 278 g/mol. The minimum absolute atomic E-state index is 0.141. The van der Waals surface area contributed by atoms with E-state index in [4.69, 9.17) is 5.11 Å². The molecule has 0 aliphatic carbocycles. The molecule has 6 nitrogen and oxygen atoms in total. The van der Waals surface area contributed by atoms with Gasteiger partial charge in [-0.2, -0.15) is 4.72 Å². The van der Waals surface area contributed by atoms with Crippen LogP contribution in [0.3, 0.4) is 0 Å². The van der Waals surface area contributed by atoms with Crippen molar-refractivity contribution in [1.29, 1.82) is 0 Å². The fraction of sp³-hybridized carbons (Fsp3) is 0.500. The van der Waals surface area contributed by atoms with E-state index in [2.05, 4.69) is 9.46 Å². The number of methoxy groups -OCH3 is 1. The number of hydrogen-bond acceptors (Lipinski definition) is 5. The predicted molar refractivity (Wildman–Crippen MR) is 67.4 cm³/mol. The Morgan fingerprint density at radius 1 is 1.56 bits per heavy atom. The molecule has 0 aromatic carbocycles. The smallest absolute Gasteiger partial charge is 0.324 e. The Morgan fingerprint density at radius 3 is 2.56 bits per heavy atom. The van der Waals surface area contributed by atoms with Crippen molar-refractivity contribution in [1.82, 2.24) is 4.72 Å². The second kappa shape index (κ2) is 5.79. The standard InChI is InChI=1S/C10H15NO5S2/c1-6-4-7(2)17-10(6)18(14,15)11-8(5-16-3)9(12)13/h4,8,11H,5H2,1-3H3,(H,12,13). The van der Waals surface area contributed by atoms with Crippen LogP contribution in [0, 0.1) is 13.8 Å². The molecule has 0 fully saturated rings. The lowest BCUT2D eigenvalue weighted by molar-refractivity contribution is -0.140. The van der Waals surface area contributed by atoms with Gasteiger partial charge in [0.25, 0.3) is 10.0 Å². The molecule has 1 atom stereocenters. The summed E-state index contributed by atoms with van der Waals surface area (Å²) in [4.78, 5) is 11.7. The highest BCUT2D eigenvalue weighted by Crippen LogP contribution is 2.25. The van der Waals surface area contributed by atoms with Crippen molar-refractivity contribution in [3.63, 3.8) is 0 Å². The van der Waals surface area contributed by atoms with Gasteiger partial charge in [0.2, 0.25) is 0 Å². The highest BCUT2D eigenvalue weighted by molar-refractivity contribution is 7.91. The third-order valence-corrected chi connectivity index (χ3v) is 5.43. The summed E-state index contributed by atoms with van der Waals surface area (Å²) in [5.74, 6) is -1.27. The number of aryl methyl sites for hydroxylation is 2. The summed E-state index contributed by atoms with van der Waals surface area (Å²) in [7, 11) is -2.52. The number of nitrogens with one attached hydrogen (secondary N) is 1. The second-order valence-electron chi connectivity index (χ2n) is 3.79. The van der Waals surface area contributed by atoms with Gasteiger partial charge in [-0.3, -0.25) is 4.79 Å². The molecular formula is C10H15NO5S2. The highest BCUT2D eigenvalue weighted by Gasteiger charge is 2.27. The van der Waals surface area contributed by atoms with Crippen molar-refractivity contribution >= 4 is 27.3 Å². The van der Waals surface area contributed by atoms with Crippen LogP contribution < -0.4 is 4.72 Å². The molecule has 0 aliphatic heterocycles. The first-order chi connectivity index (χ1) is 8.27. The molecule has 1 unspecified atom stereocenters. The molecule has 0 spiro atoms. The molecule has 0 amide bonds. The lowest BCUT2D eigenvalue weighted by Crippen LogP contribution is -2.43. The lowest BCUT2D eigenvalue weighted by atomic mass is 10.3. The number of aliphatic carboxylic acids is 1. The van der Waals surface area contributed by atoms with Crippen LogP contribution in [-0.4, -0.2) is 39.3 Å². The monoisotopic (exact) mass is 293 g/mol. The minimum Gasteiger partial charge on any atom is -0.480 e. The summed E-state index contributed by atoms with van der Waals surface area (Å²) in [5, 5.41) is 8.89. The van der Waals surface area contributed by atoms with Crippen LogP contribution in [0.15, 0.2) is 10.3 Å². The fourth-order valence-corrected chi connectivity index (χ4v) is 4.31. The van der Waals surface area contributed by atoms with Gasteiger partial charge in [-0.1, -0.05) is 0 Å². The molecule has 1 aromatic heterocycles. The van der Waals surface area contributed by atoms with Crippen molar-refractivity contribution in [3.8, 4) is 0 Å². The van der Waals surface area contributed by atoms with Gasteiger partial charge in [0.05, 0.1) is 6.61 Å². The van der Waals surface area contributed by atoms with E-state index in [1.807, 2.05) is 0 Å². The first-order valence-electron chi connectivity index (χ1n) is 5.09. The van der Waals surface area contributed by atoms with E-state index in [0.717, 1.165) is 16.2 Å². The van der Waals surface area contributed by atoms with E-state index in [-0.39, 0.29) is 10.8 Å². The predicted octanol–water partition coefficient (Wildman–Crippen LogP) is 0.743. The Morgan fingerprint density at radius 2 is 2.17 bits per heavy atom. The normalized spacial score (nSPS) is 13.5. The average Bonchev–Trinajstić information content (AvgIpc) is 2.57. The van der Waals surface area contributed by atoms with E-state index in [1.165, 1.54) is 7.11 Å². The zero-order valence-corrected chi connectivity index (χ0v) is 11.9. The van der Waals surface area contributed by atoms with Gasteiger partial charge < -0.3 is 9.84 Å². The lowest BCUT2D eigenvalue weighted by Gasteiger charge is -2.13. The van der Waals surface area contributed by atoms with Crippen LogP contribution in [0.2, 0.25) is 0 Å². The van der Waals surface area contributed by atoms with Crippen molar-refractivity contribution < 1.29 is 23.1 Å². The molecule has 0 saturated carbocycles. The molecule has 18 heavy (non-hydrogen) atoms. The number of ether oxygens (including phenoxy) is 1. The van der Waals surface area contributed by atoms with Crippen LogP contribution >= 0.6 is 11.3 Å². The van der Waals surface area contributed by atoms with Crippen molar-refractivity contribution in [2.24, 2.45) is 0 Å². The Kier molecular flexibility index (Phi) is 4.85. The third-order valence-electron chi connectivity index (χ3n) is 2.17. The highest BCUT2D eigenvalue weighted by atomic mass is 32.2. The fourth-order valence-electron chi connectivity index (χ4n) is 1.45. The van der Waals surface area contributed by atoms with Gasteiger partial charge in [-0.05, 0) is 25.5 Å². The molecule has 102 valence electrons. The van der Waals surface area contributed by atoms with Crippen molar-refractivity contribution in [3.05, 3.63) is 16.5 Å². The van der Waals surface area contributed by atoms with E-state index in [1.54, 1.807) is 19.9 Å². The Balaban J connectivity index is 3.00. The number of carboxylic acid groups (broad SMARTS) is 1. The van der Waals surface area contributed by atoms with Crippen LogP contribution in [0.5, 0.6) is 0 Å². The summed E-state index contributed by atoms with van der Waals surface area (Å²) in [5.41, 5.74) is 0.603. The van der Waals surface area contributed by atoms with Gasteiger partial charge in [-0.15, -0.1) is 11.3 Å².